The van der Waals surface area contributed by atoms with E-state index in [0.29, 0.717) is 16.6 Å². The zero-order valence-electron chi connectivity index (χ0n) is 12.5. The van der Waals surface area contributed by atoms with E-state index in [1.165, 1.54) is 32.1 Å². The molecule has 0 unspecified atom stereocenters. The van der Waals surface area contributed by atoms with Crippen LogP contribution in [0, 0.1) is 0 Å². The second-order valence-electron chi connectivity index (χ2n) is 5.51. The normalized spacial score (nSPS) is 17.2. The Morgan fingerprint density at radius 1 is 1.14 bits per heavy atom. The maximum Gasteiger partial charge on any atom is 0.254 e. The van der Waals surface area contributed by atoms with Crippen molar-refractivity contribution in [2.24, 2.45) is 5.10 Å². The first-order valence-corrected chi connectivity index (χ1v) is 8.40. The standard InChI is InChI=1S/C16H21Cl2N3O/c17-14-7-6-13(10-15(14)18)11-19-20-16(22)12-21-8-4-2-1-3-5-9-21/h6-7,10-11H,1-5,8-9,12H2,(H,20,22)/b19-11-. The number of benzene rings is 1. The van der Waals surface area contributed by atoms with Crippen molar-refractivity contribution in [2.45, 2.75) is 32.1 Å². The Bertz CT molecular complexity index is 526. The number of carbonyl (C=O) groups excluding carboxylic acids is 1. The lowest BCUT2D eigenvalue weighted by molar-refractivity contribution is -0.122. The molecule has 0 spiro atoms. The number of nitrogens with zero attached hydrogens (tertiary/aromatic N) is 2. The molecule has 0 aromatic heterocycles. The first-order chi connectivity index (χ1) is 10.6. The number of rotatable bonds is 4. The molecular weight excluding hydrogens is 321 g/mol. The molecule has 2 rings (SSSR count). The molecule has 0 saturated carbocycles. The van der Waals surface area contributed by atoms with Gasteiger partial charge in [0.15, 0.2) is 0 Å². The van der Waals surface area contributed by atoms with Gasteiger partial charge in [0, 0.05) is 0 Å². The molecule has 0 bridgehead atoms. The van der Waals surface area contributed by atoms with Gasteiger partial charge in [-0.1, -0.05) is 48.5 Å². The van der Waals surface area contributed by atoms with Crippen LogP contribution in [0.15, 0.2) is 23.3 Å². The summed E-state index contributed by atoms with van der Waals surface area (Å²) in [5.74, 6) is -0.0862. The predicted molar refractivity (Wildman–Crippen MR) is 91.7 cm³/mol. The van der Waals surface area contributed by atoms with Crippen LogP contribution in [-0.4, -0.2) is 36.7 Å². The number of likely N-dealkylation sites (tertiary alicyclic amines) is 1. The zero-order valence-corrected chi connectivity index (χ0v) is 14.0. The molecular formula is C16H21Cl2N3O. The van der Waals surface area contributed by atoms with Gasteiger partial charge in [0.2, 0.25) is 0 Å². The Hall–Kier alpha value is -1.10. The topological polar surface area (TPSA) is 44.7 Å². The SMILES string of the molecule is O=C(CN1CCCCCCC1)N/N=C\c1ccc(Cl)c(Cl)c1. The molecule has 0 radical (unpaired) electrons. The van der Waals surface area contributed by atoms with Crippen LogP contribution < -0.4 is 5.43 Å². The van der Waals surface area contributed by atoms with Crippen molar-refractivity contribution in [3.63, 3.8) is 0 Å². The average Bonchev–Trinajstić information content (AvgIpc) is 2.45. The summed E-state index contributed by atoms with van der Waals surface area (Å²) in [7, 11) is 0. The summed E-state index contributed by atoms with van der Waals surface area (Å²) in [4.78, 5) is 14.1. The van der Waals surface area contributed by atoms with E-state index in [-0.39, 0.29) is 5.91 Å². The highest BCUT2D eigenvalue weighted by Crippen LogP contribution is 2.21. The predicted octanol–water partition coefficient (Wildman–Crippen LogP) is 3.71. The molecule has 1 amide bonds. The lowest BCUT2D eigenvalue weighted by atomic mass is 10.1. The Balaban J connectivity index is 1.78. The Kier molecular flexibility index (Phi) is 7.16. The van der Waals surface area contributed by atoms with E-state index < -0.39 is 0 Å². The van der Waals surface area contributed by atoms with Crippen LogP contribution in [0.4, 0.5) is 0 Å². The fourth-order valence-electron chi connectivity index (χ4n) is 2.48. The van der Waals surface area contributed by atoms with E-state index in [2.05, 4.69) is 15.4 Å². The van der Waals surface area contributed by atoms with Gasteiger partial charge < -0.3 is 0 Å². The Morgan fingerprint density at radius 3 is 2.50 bits per heavy atom. The maximum atomic E-state index is 11.9. The van der Waals surface area contributed by atoms with Crippen LogP contribution in [0.3, 0.4) is 0 Å². The number of hydrazone groups is 1. The average molecular weight is 342 g/mol. The van der Waals surface area contributed by atoms with E-state index >= 15 is 0 Å². The molecule has 22 heavy (non-hydrogen) atoms. The molecule has 1 fully saturated rings. The number of carbonyl (C=O) groups is 1. The molecule has 6 heteroatoms. The van der Waals surface area contributed by atoms with Gasteiger partial charge in [0.05, 0.1) is 22.8 Å². The molecule has 1 heterocycles. The van der Waals surface area contributed by atoms with Crippen molar-refractivity contribution < 1.29 is 4.79 Å². The lowest BCUT2D eigenvalue weighted by Gasteiger charge is -2.23. The fraction of sp³-hybridized carbons (Fsp3) is 0.500. The third-order valence-electron chi connectivity index (χ3n) is 3.66. The summed E-state index contributed by atoms with van der Waals surface area (Å²) < 4.78 is 0. The highest BCUT2D eigenvalue weighted by molar-refractivity contribution is 6.42. The number of halogens is 2. The van der Waals surface area contributed by atoms with Crippen LogP contribution in [0.5, 0.6) is 0 Å². The van der Waals surface area contributed by atoms with Crippen molar-refractivity contribution in [3.8, 4) is 0 Å². The first-order valence-electron chi connectivity index (χ1n) is 7.64. The van der Waals surface area contributed by atoms with Crippen LogP contribution in [0.1, 0.15) is 37.7 Å². The Morgan fingerprint density at radius 2 is 1.82 bits per heavy atom. The van der Waals surface area contributed by atoms with E-state index in [9.17, 15) is 4.79 Å². The minimum Gasteiger partial charge on any atom is -0.294 e. The van der Waals surface area contributed by atoms with Gasteiger partial charge in [0.1, 0.15) is 0 Å². The van der Waals surface area contributed by atoms with Crippen molar-refractivity contribution in [2.75, 3.05) is 19.6 Å². The van der Waals surface area contributed by atoms with Gasteiger partial charge in [-0.2, -0.15) is 5.10 Å². The van der Waals surface area contributed by atoms with Gasteiger partial charge in [-0.15, -0.1) is 0 Å². The zero-order chi connectivity index (χ0) is 15.8. The maximum absolute atomic E-state index is 11.9. The molecule has 1 aliphatic heterocycles. The third kappa shape index (κ3) is 5.95. The number of hydrogen-bond donors (Lipinski definition) is 1. The van der Waals surface area contributed by atoms with Gasteiger partial charge in [-0.25, -0.2) is 5.43 Å². The largest absolute Gasteiger partial charge is 0.294 e. The Labute approximate surface area is 141 Å². The van der Waals surface area contributed by atoms with Crippen molar-refractivity contribution in [1.82, 2.24) is 10.3 Å². The molecule has 4 nitrogen and oxygen atoms in total. The molecule has 1 saturated heterocycles. The second-order valence-corrected chi connectivity index (χ2v) is 6.33. The summed E-state index contributed by atoms with van der Waals surface area (Å²) in [6, 6.07) is 5.20. The number of hydrogen-bond acceptors (Lipinski definition) is 3. The van der Waals surface area contributed by atoms with Gasteiger partial charge in [-0.05, 0) is 43.6 Å². The molecule has 1 aromatic carbocycles. The van der Waals surface area contributed by atoms with Crippen LogP contribution in [-0.2, 0) is 4.79 Å². The number of amides is 1. The molecule has 1 aliphatic rings. The lowest BCUT2D eigenvalue weighted by Crippen LogP contribution is -2.37. The second kappa shape index (κ2) is 9.13. The van der Waals surface area contributed by atoms with Gasteiger partial charge >= 0.3 is 0 Å². The van der Waals surface area contributed by atoms with Crippen LogP contribution in [0.25, 0.3) is 0 Å². The molecule has 1 aromatic rings. The third-order valence-corrected chi connectivity index (χ3v) is 4.40. The summed E-state index contributed by atoms with van der Waals surface area (Å²) in [6.45, 7) is 2.38. The highest BCUT2D eigenvalue weighted by Gasteiger charge is 2.11. The fourth-order valence-corrected chi connectivity index (χ4v) is 2.79. The van der Waals surface area contributed by atoms with Crippen molar-refractivity contribution >= 4 is 35.3 Å². The van der Waals surface area contributed by atoms with Crippen LogP contribution in [0.2, 0.25) is 10.0 Å². The van der Waals surface area contributed by atoms with E-state index in [1.54, 1.807) is 24.4 Å². The van der Waals surface area contributed by atoms with Gasteiger partial charge in [0.25, 0.3) is 5.91 Å². The van der Waals surface area contributed by atoms with Crippen molar-refractivity contribution in [3.05, 3.63) is 33.8 Å². The minimum atomic E-state index is -0.0862. The summed E-state index contributed by atoms with van der Waals surface area (Å²) in [5.41, 5.74) is 3.35. The molecule has 0 aliphatic carbocycles. The smallest absolute Gasteiger partial charge is 0.254 e. The highest BCUT2D eigenvalue weighted by atomic mass is 35.5. The van der Waals surface area contributed by atoms with E-state index in [0.717, 1.165) is 18.7 Å². The first kappa shape index (κ1) is 17.3. The minimum absolute atomic E-state index is 0.0862. The monoisotopic (exact) mass is 341 g/mol. The van der Waals surface area contributed by atoms with E-state index in [1.807, 2.05) is 0 Å². The molecule has 120 valence electrons. The quantitative estimate of drug-likeness (QED) is 0.670. The van der Waals surface area contributed by atoms with Crippen LogP contribution >= 0.6 is 23.2 Å². The van der Waals surface area contributed by atoms with Crippen molar-refractivity contribution in [1.29, 1.82) is 0 Å². The summed E-state index contributed by atoms with van der Waals surface area (Å²) in [5, 5.41) is 4.94. The molecule has 1 N–H and O–H groups in total. The number of nitrogens with one attached hydrogen (secondary N) is 1. The van der Waals surface area contributed by atoms with Gasteiger partial charge in [-0.3, -0.25) is 9.69 Å². The van der Waals surface area contributed by atoms with E-state index in [4.69, 9.17) is 23.2 Å². The summed E-state index contributed by atoms with van der Waals surface area (Å²) in [6.07, 6.45) is 7.72. The summed E-state index contributed by atoms with van der Waals surface area (Å²) >= 11 is 11.8. The molecule has 0 atom stereocenters.